The third-order valence-corrected chi connectivity index (χ3v) is 2.57. The van der Waals surface area contributed by atoms with Gasteiger partial charge in [0.15, 0.2) is 0 Å². The number of rotatable bonds is 5. The summed E-state index contributed by atoms with van der Waals surface area (Å²) >= 11 is 0. The van der Waals surface area contributed by atoms with Gasteiger partial charge in [-0.05, 0) is 12.1 Å². The van der Waals surface area contributed by atoms with Crippen molar-refractivity contribution < 1.29 is 14.7 Å². The number of aliphatic carboxylic acids is 1. The SMILES string of the molecule is O=C(O)CCC(=O)Nc1cc(=O)n(-c2ccccc2)[nH]1. The third kappa shape index (κ3) is 3.35. The number of aromatic amines is 1. The maximum atomic E-state index is 11.8. The highest BCUT2D eigenvalue weighted by molar-refractivity contribution is 5.91. The lowest BCUT2D eigenvalue weighted by Gasteiger charge is -2.02. The molecule has 0 aliphatic rings. The van der Waals surface area contributed by atoms with Crippen LogP contribution in [0.1, 0.15) is 12.8 Å². The molecule has 1 aromatic carbocycles. The van der Waals surface area contributed by atoms with Gasteiger partial charge in [-0.2, -0.15) is 0 Å². The summed E-state index contributed by atoms with van der Waals surface area (Å²) in [6.07, 6.45) is -0.399. The van der Waals surface area contributed by atoms with E-state index in [1.165, 1.54) is 10.7 Å². The molecule has 20 heavy (non-hydrogen) atoms. The van der Waals surface area contributed by atoms with Crippen LogP contribution in [0.25, 0.3) is 5.69 Å². The number of anilines is 1. The molecule has 0 spiro atoms. The highest BCUT2D eigenvalue weighted by atomic mass is 16.4. The second kappa shape index (κ2) is 5.87. The van der Waals surface area contributed by atoms with E-state index in [2.05, 4.69) is 10.4 Å². The Morgan fingerprint density at radius 1 is 1.20 bits per heavy atom. The number of carbonyl (C=O) groups excluding carboxylic acids is 1. The number of nitrogens with one attached hydrogen (secondary N) is 2. The predicted molar refractivity (Wildman–Crippen MR) is 71.9 cm³/mol. The molecular formula is C13H13N3O4. The van der Waals surface area contributed by atoms with Crippen LogP contribution in [0.4, 0.5) is 5.82 Å². The van der Waals surface area contributed by atoms with Crippen LogP contribution in [-0.2, 0) is 9.59 Å². The van der Waals surface area contributed by atoms with Crippen LogP contribution >= 0.6 is 0 Å². The van der Waals surface area contributed by atoms with Gasteiger partial charge in [-0.3, -0.25) is 19.5 Å². The number of hydrogen-bond donors (Lipinski definition) is 3. The second-order valence-electron chi connectivity index (χ2n) is 4.12. The summed E-state index contributed by atoms with van der Waals surface area (Å²) in [4.78, 5) is 33.6. The number of nitrogens with zero attached hydrogens (tertiary/aromatic N) is 1. The Kier molecular flexibility index (Phi) is 3.99. The van der Waals surface area contributed by atoms with Crippen molar-refractivity contribution >= 4 is 17.7 Å². The maximum absolute atomic E-state index is 11.8. The number of hydrogen-bond acceptors (Lipinski definition) is 3. The zero-order chi connectivity index (χ0) is 14.5. The van der Waals surface area contributed by atoms with Gasteiger partial charge in [-0.15, -0.1) is 0 Å². The topological polar surface area (TPSA) is 104 Å². The Hall–Kier alpha value is -2.83. The van der Waals surface area contributed by atoms with Crippen molar-refractivity contribution in [3.63, 3.8) is 0 Å². The average molecular weight is 275 g/mol. The summed E-state index contributed by atoms with van der Waals surface area (Å²) in [6.45, 7) is 0. The fraction of sp³-hybridized carbons (Fsp3) is 0.154. The monoisotopic (exact) mass is 275 g/mol. The Bertz CT molecular complexity index is 672. The fourth-order valence-corrected chi connectivity index (χ4v) is 1.66. The van der Waals surface area contributed by atoms with Gasteiger partial charge >= 0.3 is 5.97 Å². The molecule has 0 aliphatic carbocycles. The van der Waals surface area contributed by atoms with Gasteiger partial charge in [0, 0.05) is 12.5 Å². The molecule has 2 aromatic rings. The van der Waals surface area contributed by atoms with Crippen molar-refractivity contribution in [1.29, 1.82) is 0 Å². The fourth-order valence-electron chi connectivity index (χ4n) is 1.66. The Morgan fingerprint density at radius 3 is 2.55 bits per heavy atom. The van der Waals surface area contributed by atoms with E-state index < -0.39 is 11.9 Å². The zero-order valence-corrected chi connectivity index (χ0v) is 10.5. The largest absolute Gasteiger partial charge is 0.481 e. The van der Waals surface area contributed by atoms with Crippen molar-refractivity contribution in [2.24, 2.45) is 0 Å². The summed E-state index contributed by atoms with van der Waals surface area (Å²) in [7, 11) is 0. The van der Waals surface area contributed by atoms with Crippen LogP contribution in [0.15, 0.2) is 41.2 Å². The lowest BCUT2D eigenvalue weighted by atomic mass is 10.3. The normalized spacial score (nSPS) is 10.2. The van der Waals surface area contributed by atoms with Crippen LogP contribution in [-0.4, -0.2) is 26.8 Å². The molecular weight excluding hydrogens is 262 g/mol. The van der Waals surface area contributed by atoms with Gasteiger partial charge in [0.05, 0.1) is 12.1 Å². The molecule has 0 saturated carbocycles. The Morgan fingerprint density at radius 2 is 1.90 bits per heavy atom. The highest BCUT2D eigenvalue weighted by Gasteiger charge is 2.09. The van der Waals surface area contributed by atoms with Crippen molar-refractivity contribution in [2.75, 3.05) is 5.32 Å². The molecule has 2 rings (SSSR count). The first-order chi connectivity index (χ1) is 9.56. The van der Waals surface area contributed by atoms with E-state index in [1.54, 1.807) is 24.3 Å². The lowest BCUT2D eigenvalue weighted by Crippen LogP contribution is -2.14. The average Bonchev–Trinajstić information content (AvgIpc) is 2.78. The van der Waals surface area contributed by atoms with Crippen LogP contribution < -0.4 is 10.9 Å². The van der Waals surface area contributed by atoms with Crippen LogP contribution in [0.3, 0.4) is 0 Å². The molecule has 0 radical (unpaired) electrons. The van der Waals surface area contributed by atoms with E-state index in [0.29, 0.717) is 5.69 Å². The first-order valence-corrected chi connectivity index (χ1v) is 5.95. The molecule has 3 N–H and O–H groups in total. The van der Waals surface area contributed by atoms with Gasteiger partial charge < -0.3 is 10.4 Å². The first-order valence-electron chi connectivity index (χ1n) is 5.95. The van der Waals surface area contributed by atoms with Gasteiger partial charge in [0.1, 0.15) is 5.82 Å². The number of carbonyl (C=O) groups is 2. The molecule has 0 atom stereocenters. The second-order valence-corrected chi connectivity index (χ2v) is 4.12. The number of carboxylic acid groups (broad SMARTS) is 1. The minimum Gasteiger partial charge on any atom is -0.481 e. The van der Waals surface area contributed by atoms with Crippen LogP contribution in [0.5, 0.6) is 0 Å². The molecule has 0 bridgehead atoms. The summed E-state index contributed by atoms with van der Waals surface area (Å²) in [5.74, 6) is -1.28. The summed E-state index contributed by atoms with van der Waals surface area (Å²) < 4.78 is 1.28. The van der Waals surface area contributed by atoms with Gasteiger partial charge in [-0.25, -0.2) is 4.68 Å². The molecule has 7 heteroatoms. The Balaban J connectivity index is 2.10. The molecule has 7 nitrogen and oxygen atoms in total. The number of amides is 1. The number of carboxylic acids is 1. The van der Waals surface area contributed by atoms with Crippen molar-refractivity contribution in [1.82, 2.24) is 9.78 Å². The number of aromatic nitrogens is 2. The van der Waals surface area contributed by atoms with E-state index >= 15 is 0 Å². The van der Waals surface area contributed by atoms with Gasteiger partial charge in [-0.1, -0.05) is 18.2 Å². The van der Waals surface area contributed by atoms with Crippen molar-refractivity contribution in [2.45, 2.75) is 12.8 Å². The molecule has 1 aromatic heterocycles. The summed E-state index contributed by atoms with van der Waals surface area (Å²) in [5.41, 5.74) is 0.327. The highest BCUT2D eigenvalue weighted by Crippen LogP contribution is 2.06. The molecule has 1 heterocycles. The minimum atomic E-state index is -1.05. The van der Waals surface area contributed by atoms with E-state index in [-0.39, 0.29) is 24.2 Å². The molecule has 104 valence electrons. The Labute approximate surface area is 113 Å². The van der Waals surface area contributed by atoms with E-state index in [1.807, 2.05) is 6.07 Å². The molecule has 0 saturated heterocycles. The van der Waals surface area contributed by atoms with Crippen molar-refractivity contribution in [3.8, 4) is 5.69 Å². The summed E-state index contributed by atoms with van der Waals surface area (Å²) in [6, 6.07) is 10.1. The molecule has 0 unspecified atom stereocenters. The lowest BCUT2D eigenvalue weighted by molar-refractivity contribution is -0.138. The molecule has 1 amide bonds. The number of H-pyrrole nitrogens is 1. The van der Waals surface area contributed by atoms with Crippen molar-refractivity contribution in [3.05, 3.63) is 46.8 Å². The van der Waals surface area contributed by atoms with Gasteiger partial charge in [0.2, 0.25) is 5.91 Å². The summed E-state index contributed by atoms with van der Waals surface area (Å²) in [5, 5.41) is 13.7. The van der Waals surface area contributed by atoms with E-state index in [9.17, 15) is 14.4 Å². The third-order valence-electron chi connectivity index (χ3n) is 2.57. The predicted octanol–water partition coefficient (Wildman–Crippen LogP) is 0.969. The zero-order valence-electron chi connectivity index (χ0n) is 10.5. The standard InChI is InChI=1S/C13H13N3O4/c17-11(6-7-13(19)20)14-10-8-12(18)16(15-10)9-4-2-1-3-5-9/h1-5,8,15H,6-7H2,(H,14,17)(H,19,20). The minimum absolute atomic E-state index is 0.145. The van der Waals surface area contributed by atoms with Crippen LogP contribution in [0.2, 0.25) is 0 Å². The van der Waals surface area contributed by atoms with Crippen LogP contribution in [0, 0.1) is 0 Å². The van der Waals surface area contributed by atoms with E-state index in [4.69, 9.17) is 5.11 Å². The maximum Gasteiger partial charge on any atom is 0.303 e. The van der Waals surface area contributed by atoms with Gasteiger partial charge in [0.25, 0.3) is 5.56 Å². The first kappa shape index (κ1) is 13.6. The number of benzene rings is 1. The smallest absolute Gasteiger partial charge is 0.303 e. The van der Waals surface area contributed by atoms with E-state index in [0.717, 1.165) is 0 Å². The quantitative estimate of drug-likeness (QED) is 0.756. The number of para-hydroxylation sites is 1. The molecule has 0 fully saturated rings. The molecule has 0 aliphatic heterocycles.